The van der Waals surface area contributed by atoms with E-state index >= 15 is 0 Å². The highest BCUT2D eigenvalue weighted by atomic mass is 19.2. The lowest BCUT2D eigenvalue weighted by atomic mass is 10.3. The molecule has 0 bridgehead atoms. The van der Waals surface area contributed by atoms with E-state index in [-0.39, 0.29) is 23.7 Å². The van der Waals surface area contributed by atoms with E-state index in [0.29, 0.717) is 0 Å². The zero-order valence-electron chi connectivity index (χ0n) is 9.72. The van der Waals surface area contributed by atoms with E-state index < -0.39 is 11.6 Å². The van der Waals surface area contributed by atoms with Crippen molar-refractivity contribution >= 4 is 5.95 Å². The molecule has 0 amide bonds. The third-order valence-corrected chi connectivity index (χ3v) is 2.01. The molecule has 7 nitrogen and oxygen atoms in total. The van der Waals surface area contributed by atoms with Gasteiger partial charge in [-0.2, -0.15) is 9.97 Å². The van der Waals surface area contributed by atoms with Gasteiger partial charge in [-0.25, -0.2) is 14.6 Å². The first-order valence-corrected chi connectivity index (χ1v) is 5.02. The maximum absolute atomic E-state index is 13.0. The molecule has 1 aromatic carbocycles. The molecule has 1 heterocycles. The number of nitrogens with one attached hydrogen (secondary N) is 1. The summed E-state index contributed by atoms with van der Waals surface area (Å²) in [5.41, 5.74) is 2.19. The summed E-state index contributed by atoms with van der Waals surface area (Å²) in [6.45, 7) is 0. The zero-order valence-corrected chi connectivity index (χ0v) is 9.72. The first kappa shape index (κ1) is 12.9. The van der Waals surface area contributed by atoms with Gasteiger partial charge in [-0.3, -0.25) is 5.43 Å². The predicted molar refractivity (Wildman–Crippen MR) is 60.6 cm³/mol. The molecule has 0 unspecified atom stereocenters. The van der Waals surface area contributed by atoms with Crippen LogP contribution in [0.1, 0.15) is 0 Å². The minimum atomic E-state index is -1.05. The van der Waals surface area contributed by atoms with Crippen molar-refractivity contribution in [2.24, 2.45) is 5.84 Å². The van der Waals surface area contributed by atoms with E-state index in [0.717, 1.165) is 12.1 Å². The van der Waals surface area contributed by atoms with Crippen LogP contribution in [-0.2, 0) is 0 Å². The van der Waals surface area contributed by atoms with Crippen molar-refractivity contribution in [2.75, 3.05) is 12.5 Å². The fourth-order valence-corrected chi connectivity index (χ4v) is 1.19. The summed E-state index contributed by atoms with van der Waals surface area (Å²) in [6.07, 6.45) is 0. The number of aromatic nitrogens is 3. The second kappa shape index (κ2) is 5.40. The van der Waals surface area contributed by atoms with Gasteiger partial charge in [0.1, 0.15) is 5.75 Å². The van der Waals surface area contributed by atoms with E-state index in [1.165, 1.54) is 13.2 Å². The predicted octanol–water partition coefficient (Wildman–Crippen LogP) is 1.24. The minimum absolute atomic E-state index is 0.00411. The van der Waals surface area contributed by atoms with Crippen LogP contribution in [-0.4, -0.2) is 22.1 Å². The Morgan fingerprint density at radius 2 is 1.84 bits per heavy atom. The number of anilines is 1. The minimum Gasteiger partial charge on any atom is -0.467 e. The molecule has 0 spiro atoms. The Labute approximate surface area is 106 Å². The highest BCUT2D eigenvalue weighted by molar-refractivity contribution is 5.30. The fraction of sp³-hybridized carbons (Fsp3) is 0.100. The van der Waals surface area contributed by atoms with E-state index in [4.69, 9.17) is 15.3 Å². The van der Waals surface area contributed by atoms with Crippen LogP contribution in [0.4, 0.5) is 14.7 Å². The second-order valence-corrected chi connectivity index (χ2v) is 3.25. The Morgan fingerprint density at radius 1 is 1.11 bits per heavy atom. The fourth-order valence-electron chi connectivity index (χ4n) is 1.19. The number of hydrogen-bond donors (Lipinski definition) is 2. The molecule has 9 heteroatoms. The molecule has 0 aliphatic rings. The van der Waals surface area contributed by atoms with Gasteiger partial charge in [0.25, 0.3) is 0 Å². The Hall–Kier alpha value is -2.55. The molecule has 2 rings (SSSR count). The van der Waals surface area contributed by atoms with Gasteiger partial charge in [-0.1, -0.05) is 0 Å². The van der Waals surface area contributed by atoms with Crippen molar-refractivity contribution in [2.45, 2.75) is 0 Å². The quantitative estimate of drug-likeness (QED) is 0.636. The number of rotatable bonds is 4. The number of halogens is 2. The topological polar surface area (TPSA) is 95.2 Å². The van der Waals surface area contributed by atoms with Gasteiger partial charge in [0, 0.05) is 6.07 Å². The molecule has 100 valence electrons. The summed E-state index contributed by atoms with van der Waals surface area (Å²) in [6, 6.07) is 2.79. The number of hydrazine groups is 1. The molecule has 2 aromatic rings. The molecule has 3 N–H and O–H groups in total. The smallest absolute Gasteiger partial charge is 0.330 e. The van der Waals surface area contributed by atoms with Gasteiger partial charge < -0.3 is 9.47 Å². The molecule has 0 atom stereocenters. The van der Waals surface area contributed by atoms with Crippen LogP contribution in [0.25, 0.3) is 0 Å². The maximum atomic E-state index is 13.0. The number of nitrogen functional groups attached to an aromatic ring is 1. The molecule has 0 saturated heterocycles. The summed E-state index contributed by atoms with van der Waals surface area (Å²) >= 11 is 0. The average molecular weight is 269 g/mol. The van der Waals surface area contributed by atoms with Crippen molar-refractivity contribution in [1.82, 2.24) is 15.0 Å². The van der Waals surface area contributed by atoms with Crippen molar-refractivity contribution in [3.63, 3.8) is 0 Å². The van der Waals surface area contributed by atoms with E-state index in [2.05, 4.69) is 20.4 Å². The second-order valence-electron chi connectivity index (χ2n) is 3.25. The molecule has 0 radical (unpaired) electrons. The molecule has 19 heavy (non-hydrogen) atoms. The molecule has 0 fully saturated rings. The zero-order chi connectivity index (χ0) is 13.8. The molecular formula is C10H9F2N5O2. The third kappa shape index (κ3) is 3.01. The lowest BCUT2D eigenvalue weighted by molar-refractivity contribution is 0.359. The highest BCUT2D eigenvalue weighted by Crippen LogP contribution is 2.22. The number of nitrogens with zero attached hydrogens (tertiary/aromatic N) is 3. The lowest BCUT2D eigenvalue weighted by Crippen LogP contribution is -2.12. The van der Waals surface area contributed by atoms with Crippen LogP contribution >= 0.6 is 0 Å². The summed E-state index contributed by atoms with van der Waals surface area (Å²) in [7, 11) is 1.34. The molecule has 0 aliphatic heterocycles. The lowest BCUT2D eigenvalue weighted by Gasteiger charge is -2.06. The van der Waals surface area contributed by atoms with Gasteiger partial charge in [-0.15, -0.1) is 4.98 Å². The summed E-state index contributed by atoms with van der Waals surface area (Å²) in [4.78, 5) is 11.3. The monoisotopic (exact) mass is 269 g/mol. The SMILES string of the molecule is COc1nc(NN)nc(Oc2ccc(F)c(F)c2)n1. The van der Waals surface area contributed by atoms with Crippen molar-refractivity contribution < 1.29 is 18.3 Å². The summed E-state index contributed by atoms with van der Waals surface area (Å²) < 4.78 is 35.7. The van der Waals surface area contributed by atoms with Gasteiger partial charge >= 0.3 is 12.0 Å². The van der Waals surface area contributed by atoms with Crippen LogP contribution in [0.15, 0.2) is 18.2 Å². The van der Waals surface area contributed by atoms with Gasteiger partial charge in [0.05, 0.1) is 7.11 Å². The normalized spacial score (nSPS) is 10.1. The molecular weight excluding hydrogens is 260 g/mol. The Bertz CT molecular complexity index is 574. The Morgan fingerprint density at radius 3 is 2.47 bits per heavy atom. The van der Waals surface area contributed by atoms with Gasteiger partial charge in [0.15, 0.2) is 11.6 Å². The van der Waals surface area contributed by atoms with E-state index in [1.807, 2.05) is 0 Å². The number of hydrogen-bond acceptors (Lipinski definition) is 7. The number of benzene rings is 1. The average Bonchev–Trinajstić information content (AvgIpc) is 2.42. The Kier molecular flexibility index (Phi) is 3.66. The van der Waals surface area contributed by atoms with Crippen molar-refractivity contribution in [3.05, 3.63) is 29.8 Å². The van der Waals surface area contributed by atoms with Gasteiger partial charge in [0.2, 0.25) is 5.95 Å². The van der Waals surface area contributed by atoms with Gasteiger partial charge in [-0.05, 0) is 12.1 Å². The largest absolute Gasteiger partial charge is 0.467 e. The standard InChI is InChI=1S/C10H9F2N5O2/c1-18-9-14-8(17-13)15-10(16-9)19-5-2-3-6(11)7(12)4-5/h2-4H,13H2,1H3,(H,14,15,16,17). The van der Waals surface area contributed by atoms with Crippen molar-refractivity contribution in [1.29, 1.82) is 0 Å². The van der Waals surface area contributed by atoms with E-state index in [1.54, 1.807) is 0 Å². The first-order chi connectivity index (χ1) is 9.12. The molecule has 0 aliphatic carbocycles. The number of ether oxygens (including phenoxy) is 2. The van der Waals surface area contributed by atoms with E-state index in [9.17, 15) is 8.78 Å². The van der Waals surface area contributed by atoms with Crippen LogP contribution < -0.4 is 20.7 Å². The van der Waals surface area contributed by atoms with Crippen LogP contribution in [0.5, 0.6) is 17.8 Å². The molecule has 1 aromatic heterocycles. The number of methoxy groups -OCH3 is 1. The third-order valence-electron chi connectivity index (χ3n) is 2.01. The summed E-state index contributed by atoms with van der Waals surface area (Å²) in [5.74, 6) is 3.16. The van der Waals surface area contributed by atoms with Crippen LogP contribution in [0.2, 0.25) is 0 Å². The highest BCUT2D eigenvalue weighted by Gasteiger charge is 2.10. The molecule has 0 saturated carbocycles. The van der Waals surface area contributed by atoms with Crippen LogP contribution in [0, 0.1) is 11.6 Å². The Balaban J connectivity index is 2.29. The first-order valence-electron chi connectivity index (χ1n) is 5.02. The van der Waals surface area contributed by atoms with Crippen LogP contribution in [0.3, 0.4) is 0 Å². The maximum Gasteiger partial charge on any atom is 0.330 e. The van der Waals surface area contributed by atoms with Crippen molar-refractivity contribution in [3.8, 4) is 17.8 Å². The number of nitrogens with two attached hydrogens (primary N) is 1. The summed E-state index contributed by atoms with van der Waals surface area (Å²) in [5, 5.41) is 0.